The molecule has 1 N–H and O–H groups in total. The molecule has 0 heterocycles. The fourth-order valence-electron chi connectivity index (χ4n) is 2.90. The van der Waals surface area contributed by atoms with E-state index in [4.69, 9.17) is 5.73 Å². The number of allylic oxidation sites excluding steroid dienone is 2. The summed E-state index contributed by atoms with van der Waals surface area (Å²) in [6.45, 7) is 0.614. The van der Waals surface area contributed by atoms with Gasteiger partial charge in [-0.05, 0) is 12.8 Å². The number of nitrogens with one attached hydrogen (secondary N) is 1. The average Bonchev–Trinajstić information content (AvgIpc) is 2.54. The first-order chi connectivity index (χ1) is 10.9. The summed E-state index contributed by atoms with van der Waals surface area (Å²) < 4.78 is 1.50. The summed E-state index contributed by atoms with van der Waals surface area (Å²) in [6, 6.07) is 0. The van der Waals surface area contributed by atoms with E-state index < -0.39 is 0 Å². The van der Waals surface area contributed by atoms with Crippen LogP contribution in [0, 0.1) is 0 Å². The molecular formula is C20H39NNa2. The molecule has 0 fully saturated rings. The molecule has 0 aromatic rings. The predicted octanol–water partition coefficient (Wildman–Crippen LogP) is 4.43. The molecule has 0 saturated heterocycles. The van der Waals surface area contributed by atoms with Crippen molar-refractivity contribution in [3.63, 3.8) is 0 Å². The average molecular weight is 340 g/mol. The Kier molecular flexibility index (Phi) is 30.4. The van der Waals surface area contributed by atoms with Crippen molar-refractivity contribution in [3.8, 4) is 0 Å². The van der Waals surface area contributed by atoms with Crippen LogP contribution in [0.25, 0.3) is 5.73 Å². The molecule has 0 unspecified atom stereocenters. The van der Waals surface area contributed by atoms with Crippen molar-refractivity contribution in [2.45, 2.75) is 106 Å². The van der Waals surface area contributed by atoms with Crippen LogP contribution in [0.2, 0.25) is 3.67 Å². The first-order valence-corrected chi connectivity index (χ1v) is 11.6. The topological polar surface area (TPSA) is 23.8 Å². The Balaban J connectivity index is 0. The van der Waals surface area contributed by atoms with Crippen LogP contribution in [0.15, 0.2) is 12.2 Å². The van der Waals surface area contributed by atoms with Gasteiger partial charge in [0.15, 0.2) is 0 Å². The zero-order valence-corrected chi connectivity index (χ0v) is 20.4. The predicted molar refractivity (Wildman–Crippen MR) is 103 cm³/mol. The van der Waals surface area contributed by atoms with E-state index in [-0.39, 0.29) is 29.6 Å². The van der Waals surface area contributed by atoms with Gasteiger partial charge in [0.25, 0.3) is 0 Å². The van der Waals surface area contributed by atoms with Crippen LogP contribution in [0.4, 0.5) is 0 Å². The number of hydrogen-bond acceptors (Lipinski definition) is 0. The minimum Gasteiger partial charge on any atom is 1.00 e. The molecule has 0 saturated carbocycles. The normalized spacial score (nSPS) is 11.1. The third-order valence-corrected chi connectivity index (χ3v) is 5.15. The van der Waals surface area contributed by atoms with Crippen molar-refractivity contribution >= 4 is 27.9 Å². The quantitative estimate of drug-likeness (QED) is 0.200. The van der Waals surface area contributed by atoms with Crippen LogP contribution >= 0.6 is 0 Å². The smallest absolute Gasteiger partial charge is 1.00 e. The van der Waals surface area contributed by atoms with Crippen LogP contribution in [-0.2, 0) is 0 Å². The maximum Gasteiger partial charge on any atom is 1.00 e. The summed E-state index contributed by atoms with van der Waals surface area (Å²) in [6.07, 6.45) is 26.8. The molecule has 0 rings (SSSR count). The van der Waals surface area contributed by atoms with Crippen molar-refractivity contribution < 1.29 is 29.6 Å². The van der Waals surface area contributed by atoms with Crippen molar-refractivity contribution in [1.82, 2.24) is 0 Å². The first-order valence-electron chi connectivity index (χ1n) is 10.2. The third kappa shape index (κ3) is 26.0. The van der Waals surface area contributed by atoms with Gasteiger partial charge in [-0.1, -0.05) is 32.1 Å². The second-order valence-corrected chi connectivity index (χ2v) is 7.75. The van der Waals surface area contributed by atoms with E-state index in [9.17, 15) is 0 Å². The fraction of sp³-hybridized carbons (Fsp3) is 0.900. The van der Waals surface area contributed by atoms with E-state index in [2.05, 4.69) is 12.2 Å². The Labute approximate surface area is 186 Å². The van der Waals surface area contributed by atoms with E-state index in [1.54, 1.807) is 0 Å². The van der Waals surface area contributed by atoms with E-state index >= 15 is 0 Å². The maximum absolute atomic E-state index is 7.09. The van der Waals surface area contributed by atoms with Crippen molar-refractivity contribution in [2.75, 3.05) is 6.54 Å². The van der Waals surface area contributed by atoms with E-state index in [0.717, 1.165) is 6.42 Å². The Hall–Kier alpha value is 1.70. The minimum atomic E-state index is 0. The molecule has 1 nitrogen and oxygen atoms in total. The molecule has 0 amide bonds. The van der Waals surface area contributed by atoms with Crippen LogP contribution in [0.5, 0.6) is 0 Å². The molecule has 3 heteroatoms. The molecule has 0 aliphatic rings. The Morgan fingerprint density at radius 2 is 0.870 bits per heavy atom. The molecule has 0 bridgehead atoms. The Morgan fingerprint density at radius 3 is 1.26 bits per heavy atom. The van der Waals surface area contributed by atoms with Crippen molar-refractivity contribution in [2.24, 2.45) is 0 Å². The molecular weight excluding hydrogens is 300 g/mol. The van der Waals surface area contributed by atoms with Gasteiger partial charge in [0.2, 0.25) is 0 Å². The maximum atomic E-state index is 7.09. The molecule has 0 atom stereocenters. The van der Waals surface area contributed by atoms with E-state index in [1.807, 2.05) is 0 Å². The second-order valence-electron chi connectivity index (χ2n) is 6.75. The number of unbranched alkanes of at least 4 members (excludes halogenated alkanes) is 14. The second kappa shape index (κ2) is 25.9. The van der Waals surface area contributed by atoms with Gasteiger partial charge in [0, 0.05) is 0 Å². The van der Waals surface area contributed by atoms with E-state index in [1.165, 1.54) is 128 Å². The van der Waals surface area contributed by atoms with Crippen LogP contribution < -0.4 is 29.6 Å². The van der Waals surface area contributed by atoms with Gasteiger partial charge in [-0.15, -0.1) is 0 Å². The Bertz CT molecular complexity index is 220. The van der Waals surface area contributed by atoms with Crippen LogP contribution in [0.1, 0.15) is 103 Å². The number of rotatable bonds is 18. The Morgan fingerprint density at radius 1 is 0.522 bits per heavy atom. The van der Waals surface area contributed by atoms with Gasteiger partial charge in [-0.25, -0.2) is 0 Å². The molecule has 126 valence electrons. The SMILES string of the molecule is [NH-]CCCCCCCC/C=C\CCCCCCCCC[CH2][Na].[Na+]. The van der Waals surface area contributed by atoms with Crippen LogP contribution in [0.3, 0.4) is 0 Å². The van der Waals surface area contributed by atoms with Gasteiger partial charge < -0.3 is 5.73 Å². The molecule has 23 heavy (non-hydrogen) atoms. The summed E-state index contributed by atoms with van der Waals surface area (Å²) >= 11 is 1.40. The summed E-state index contributed by atoms with van der Waals surface area (Å²) in [7, 11) is 0. The zero-order chi connectivity index (χ0) is 16.1. The van der Waals surface area contributed by atoms with Gasteiger partial charge in [-0.3, -0.25) is 0 Å². The molecule has 0 aromatic heterocycles. The summed E-state index contributed by atoms with van der Waals surface area (Å²) in [5.41, 5.74) is 7.09. The van der Waals surface area contributed by atoms with Crippen molar-refractivity contribution in [3.05, 3.63) is 17.9 Å². The largest absolute Gasteiger partial charge is 1.00 e. The summed E-state index contributed by atoms with van der Waals surface area (Å²) in [5.74, 6) is 0. The zero-order valence-electron chi connectivity index (χ0n) is 16.4. The monoisotopic (exact) mass is 339 g/mol. The fourth-order valence-corrected chi connectivity index (χ4v) is 3.40. The number of hydrogen-bond donors (Lipinski definition) is 0. The molecule has 0 aliphatic carbocycles. The summed E-state index contributed by atoms with van der Waals surface area (Å²) in [4.78, 5) is 0. The molecule has 0 aromatic carbocycles. The first kappa shape index (κ1) is 26.9. The molecule has 0 aliphatic heterocycles. The van der Waals surface area contributed by atoms with Gasteiger partial charge >= 0.3 is 131 Å². The van der Waals surface area contributed by atoms with Gasteiger partial charge in [0.1, 0.15) is 0 Å². The minimum absolute atomic E-state index is 0. The summed E-state index contributed by atoms with van der Waals surface area (Å²) in [5, 5.41) is 0. The van der Waals surface area contributed by atoms with Crippen LogP contribution in [-0.4, -0.2) is 34.5 Å². The molecule has 0 spiro atoms. The molecule has 0 radical (unpaired) electrons. The van der Waals surface area contributed by atoms with E-state index in [0.29, 0.717) is 6.54 Å². The van der Waals surface area contributed by atoms with Gasteiger partial charge in [0.05, 0.1) is 0 Å². The van der Waals surface area contributed by atoms with Crippen molar-refractivity contribution in [1.29, 1.82) is 0 Å². The third-order valence-electron chi connectivity index (χ3n) is 4.44. The standard InChI is InChI=1S/C20H39N.2Na/c1-2-3-4-5-6-7-8-9-10-11-12-13-14-15-16-17-18-19-20-21;;/h11-12,21H,1-10,13-20H2;;/q-1;;+1/b12-11-;;. The van der Waals surface area contributed by atoms with Gasteiger partial charge in [-0.2, -0.15) is 6.54 Å².